The number of hydrogen-bond acceptors (Lipinski definition) is 4. The molecule has 0 radical (unpaired) electrons. The average molecular weight is 376 g/mol. The minimum Gasteiger partial charge on any atom is -0.338 e. The Kier molecular flexibility index (Phi) is 5.21. The Hall–Kier alpha value is -2.99. The number of para-hydroxylation sites is 1. The largest absolute Gasteiger partial charge is 0.338 e. The first kappa shape index (κ1) is 18.4. The van der Waals surface area contributed by atoms with E-state index in [1.54, 1.807) is 10.7 Å². The zero-order chi connectivity index (χ0) is 19.5. The van der Waals surface area contributed by atoms with E-state index in [0.29, 0.717) is 24.0 Å². The number of amides is 1. The quantitative estimate of drug-likeness (QED) is 0.701. The van der Waals surface area contributed by atoms with Gasteiger partial charge in [0.15, 0.2) is 0 Å². The molecule has 1 saturated heterocycles. The average Bonchev–Trinajstić information content (AvgIpc) is 2.74. The molecule has 6 nitrogen and oxygen atoms in total. The molecule has 3 aromatic rings. The van der Waals surface area contributed by atoms with Gasteiger partial charge in [-0.05, 0) is 24.6 Å². The van der Waals surface area contributed by atoms with E-state index >= 15 is 0 Å². The van der Waals surface area contributed by atoms with E-state index < -0.39 is 6.04 Å². The third-order valence-electron chi connectivity index (χ3n) is 5.37. The number of hydrogen-bond donors (Lipinski definition) is 0. The third kappa shape index (κ3) is 3.68. The van der Waals surface area contributed by atoms with Crippen molar-refractivity contribution < 1.29 is 4.79 Å². The molecule has 1 atom stereocenters. The first-order valence-electron chi connectivity index (χ1n) is 9.65. The van der Waals surface area contributed by atoms with Gasteiger partial charge in [0.25, 0.3) is 0 Å². The van der Waals surface area contributed by atoms with Crippen LogP contribution in [0.15, 0.2) is 65.6 Å². The van der Waals surface area contributed by atoms with Crippen LogP contribution in [0, 0.1) is 0 Å². The van der Waals surface area contributed by atoms with Gasteiger partial charge in [0, 0.05) is 38.1 Å². The van der Waals surface area contributed by atoms with Crippen LogP contribution in [0.25, 0.3) is 10.9 Å². The summed E-state index contributed by atoms with van der Waals surface area (Å²) in [5.41, 5.74) is 1.86. The first-order valence-corrected chi connectivity index (χ1v) is 9.65. The number of benzene rings is 2. The van der Waals surface area contributed by atoms with Gasteiger partial charge in [-0.1, -0.05) is 42.5 Å². The molecule has 2 heterocycles. The van der Waals surface area contributed by atoms with E-state index in [2.05, 4.69) is 34.3 Å². The molecule has 1 amide bonds. The Bertz CT molecular complexity index is 1020. The van der Waals surface area contributed by atoms with E-state index in [0.717, 1.165) is 19.6 Å². The van der Waals surface area contributed by atoms with Crippen LogP contribution in [-0.4, -0.2) is 51.7 Å². The molecular weight excluding hydrogens is 352 g/mol. The molecule has 0 bridgehead atoms. The van der Waals surface area contributed by atoms with Gasteiger partial charge in [-0.2, -0.15) is 5.10 Å². The molecule has 0 unspecified atom stereocenters. The van der Waals surface area contributed by atoms with E-state index in [1.807, 2.05) is 36.1 Å². The summed E-state index contributed by atoms with van der Waals surface area (Å²) in [6.45, 7) is 5.87. The summed E-state index contributed by atoms with van der Waals surface area (Å²) >= 11 is 0. The van der Waals surface area contributed by atoms with Crippen LogP contribution in [0.5, 0.6) is 0 Å². The van der Waals surface area contributed by atoms with Crippen molar-refractivity contribution in [2.24, 2.45) is 0 Å². The van der Waals surface area contributed by atoms with Crippen LogP contribution in [0.1, 0.15) is 18.5 Å². The lowest BCUT2D eigenvalue weighted by atomic mass is 10.1. The Morgan fingerprint density at radius 2 is 1.68 bits per heavy atom. The standard InChI is InChI=1S/C22H24N4O2/c1-17(26-20-10-6-5-9-19(20)21(27)15-23-26)22(28)25-13-11-24(12-14-25)16-18-7-3-2-4-8-18/h2-10,15,17H,11-14,16H2,1H3/t17-/m0/s1. The fourth-order valence-corrected chi connectivity index (χ4v) is 3.77. The van der Waals surface area contributed by atoms with Crippen molar-refractivity contribution in [1.29, 1.82) is 0 Å². The summed E-state index contributed by atoms with van der Waals surface area (Å²) < 4.78 is 1.66. The minimum atomic E-state index is -0.453. The number of carbonyl (C=O) groups excluding carboxylic acids is 1. The highest BCUT2D eigenvalue weighted by Gasteiger charge is 2.27. The molecule has 2 aromatic carbocycles. The Morgan fingerprint density at radius 3 is 2.43 bits per heavy atom. The van der Waals surface area contributed by atoms with Gasteiger partial charge in [0.2, 0.25) is 11.3 Å². The second kappa shape index (κ2) is 7.94. The number of carbonyl (C=O) groups is 1. The lowest BCUT2D eigenvalue weighted by molar-refractivity contribution is -0.136. The molecule has 1 aliphatic heterocycles. The first-order chi connectivity index (χ1) is 13.6. The van der Waals surface area contributed by atoms with Crippen LogP contribution in [0.4, 0.5) is 0 Å². The molecule has 0 spiro atoms. The molecule has 6 heteroatoms. The highest BCUT2D eigenvalue weighted by atomic mass is 16.2. The fourth-order valence-electron chi connectivity index (χ4n) is 3.77. The maximum absolute atomic E-state index is 13.1. The van der Waals surface area contributed by atoms with Crippen molar-refractivity contribution in [2.45, 2.75) is 19.5 Å². The summed E-state index contributed by atoms with van der Waals surface area (Å²) in [6, 6.07) is 17.2. The molecule has 0 N–H and O–H groups in total. The number of piperazine rings is 1. The zero-order valence-corrected chi connectivity index (χ0v) is 16.0. The summed E-state index contributed by atoms with van der Waals surface area (Å²) in [5, 5.41) is 4.83. The summed E-state index contributed by atoms with van der Waals surface area (Å²) in [4.78, 5) is 29.4. The maximum atomic E-state index is 13.1. The normalized spacial score (nSPS) is 16.2. The zero-order valence-electron chi connectivity index (χ0n) is 16.0. The van der Waals surface area contributed by atoms with Gasteiger partial charge >= 0.3 is 0 Å². The molecule has 28 heavy (non-hydrogen) atoms. The summed E-state index contributed by atoms with van der Waals surface area (Å²) in [5.74, 6) is 0.0423. The highest BCUT2D eigenvalue weighted by Crippen LogP contribution is 2.17. The lowest BCUT2D eigenvalue weighted by Gasteiger charge is -2.36. The van der Waals surface area contributed by atoms with Crippen LogP contribution in [0.2, 0.25) is 0 Å². The lowest BCUT2D eigenvalue weighted by Crippen LogP contribution is -2.50. The monoisotopic (exact) mass is 376 g/mol. The number of aromatic nitrogens is 2. The van der Waals surface area contributed by atoms with E-state index in [9.17, 15) is 9.59 Å². The Labute approximate surface area is 164 Å². The summed E-state index contributed by atoms with van der Waals surface area (Å²) in [7, 11) is 0. The maximum Gasteiger partial charge on any atom is 0.247 e. The SMILES string of the molecule is C[C@@H](C(=O)N1CCN(Cc2ccccc2)CC1)n1ncc(=O)c2ccccc21. The van der Waals surface area contributed by atoms with E-state index in [-0.39, 0.29) is 11.3 Å². The third-order valence-corrected chi connectivity index (χ3v) is 5.37. The van der Waals surface area contributed by atoms with E-state index in [4.69, 9.17) is 0 Å². The molecule has 1 aliphatic rings. The van der Waals surface area contributed by atoms with Crippen LogP contribution < -0.4 is 5.43 Å². The molecule has 0 saturated carbocycles. The van der Waals surface area contributed by atoms with Crippen LogP contribution in [0.3, 0.4) is 0 Å². The predicted molar refractivity (Wildman–Crippen MR) is 109 cm³/mol. The minimum absolute atomic E-state index is 0.0423. The molecule has 1 fully saturated rings. The highest BCUT2D eigenvalue weighted by molar-refractivity contribution is 5.84. The van der Waals surface area contributed by atoms with Crippen molar-refractivity contribution in [3.63, 3.8) is 0 Å². The van der Waals surface area contributed by atoms with Gasteiger partial charge in [-0.25, -0.2) is 0 Å². The van der Waals surface area contributed by atoms with Gasteiger partial charge in [-0.15, -0.1) is 0 Å². The molecule has 0 aliphatic carbocycles. The van der Waals surface area contributed by atoms with E-state index in [1.165, 1.54) is 11.8 Å². The smallest absolute Gasteiger partial charge is 0.247 e. The van der Waals surface area contributed by atoms with Crippen LogP contribution in [-0.2, 0) is 11.3 Å². The number of fused-ring (bicyclic) bond motifs is 1. The predicted octanol–water partition coefficient (Wildman–Crippen LogP) is 2.30. The fraction of sp³-hybridized carbons (Fsp3) is 0.318. The second-order valence-corrected chi connectivity index (χ2v) is 7.23. The molecule has 1 aromatic heterocycles. The van der Waals surface area contributed by atoms with Gasteiger partial charge in [0.05, 0.1) is 11.7 Å². The van der Waals surface area contributed by atoms with Crippen LogP contribution >= 0.6 is 0 Å². The van der Waals surface area contributed by atoms with Gasteiger partial charge in [0.1, 0.15) is 6.04 Å². The van der Waals surface area contributed by atoms with Crippen molar-refractivity contribution >= 4 is 16.8 Å². The Balaban J connectivity index is 1.44. The van der Waals surface area contributed by atoms with Crippen molar-refractivity contribution in [1.82, 2.24) is 19.6 Å². The second-order valence-electron chi connectivity index (χ2n) is 7.23. The molecule has 4 rings (SSSR count). The van der Waals surface area contributed by atoms with Crippen molar-refractivity contribution in [2.75, 3.05) is 26.2 Å². The van der Waals surface area contributed by atoms with Crippen molar-refractivity contribution in [3.05, 3.63) is 76.6 Å². The Morgan fingerprint density at radius 1 is 1.00 bits per heavy atom. The van der Waals surface area contributed by atoms with Gasteiger partial charge in [-0.3, -0.25) is 19.2 Å². The number of nitrogens with zero attached hydrogens (tertiary/aromatic N) is 4. The van der Waals surface area contributed by atoms with Gasteiger partial charge < -0.3 is 4.90 Å². The summed E-state index contributed by atoms with van der Waals surface area (Å²) in [6.07, 6.45) is 1.30. The molecule has 144 valence electrons. The van der Waals surface area contributed by atoms with Crippen molar-refractivity contribution in [3.8, 4) is 0 Å². The molecular formula is C22H24N4O2. The topological polar surface area (TPSA) is 58.4 Å². The number of rotatable bonds is 4.